The minimum atomic E-state index is 0. The van der Waals surface area contributed by atoms with Gasteiger partial charge in [0.25, 0.3) is 0 Å². The van der Waals surface area contributed by atoms with Crippen LogP contribution in [0.5, 0.6) is 0 Å². The molecule has 0 atom stereocenters. The van der Waals surface area contributed by atoms with Crippen LogP contribution in [0.15, 0.2) is 0 Å². The second kappa shape index (κ2) is 9.92. The molecule has 0 aromatic carbocycles. The molecule has 0 aromatic rings. The Morgan fingerprint density at radius 3 is 2.14 bits per heavy atom. The number of halogens is 1. The molecule has 1 nitrogen and oxygen atoms in total. The maximum atomic E-state index is 5.07. The van der Waals surface area contributed by atoms with E-state index in [9.17, 15) is 0 Å². The van der Waals surface area contributed by atoms with E-state index in [1.165, 1.54) is 5.28 Å². The maximum absolute atomic E-state index is 5.07. The van der Waals surface area contributed by atoms with Crippen molar-refractivity contribution in [2.75, 3.05) is 6.61 Å². The zero-order valence-corrected chi connectivity index (χ0v) is 6.78. The molecule has 0 saturated heterocycles. The van der Waals surface area contributed by atoms with E-state index < -0.39 is 0 Å². The Morgan fingerprint density at radius 1 is 1.43 bits per heavy atom. The van der Waals surface area contributed by atoms with Crippen LogP contribution in [0.1, 0.15) is 13.8 Å². The molecule has 0 aliphatic rings. The van der Waals surface area contributed by atoms with Gasteiger partial charge in [-0.25, -0.2) is 0 Å². The van der Waals surface area contributed by atoms with Gasteiger partial charge in [-0.15, -0.1) is 12.4 Å². The van der Waals surface area contributed by atoms with Gasteiger partial charge in [-0.05, 0) is 6.92 Å². The largest absolute Gasteiger partial charge is 0.507 e. The molecule has 0 rings (SSSR count). The summed E-state index contributed by atoms with van der Waals surface area (Å²) in [6.07, 6.45) is 0. The van der Waals surface area contributed by atoms with Crippen molar-refractivity contribution < 1.29 is 3.79 Å². The van der Waals surface area contributed by atoms with Gasteiger partial charge in [0.1, 0.15) is 0 Å². The molecule has 3 heteroatoms. The first-order valence-corrected chi connectivity index (χ1v) is 3.63. The normalized spacial score (nSPS) is 7.14. The van der Waals surface area contributed by atoms with Crippen LogP contribution in [-0.2, 0) is 3.79 Å². The summed E-state index contributed by atoms with van der Waals surface area (Å²) in [6, 6.07) is 0. The van der Waals surface area contributed by atoms with Crippen LogP contribution in [0.4, 0.5) is 0 Å². The van der Waals surface area contributed by atoms with Crippen LogP contribution < -0.4 is 0 Å². The fourth-order valence-corrected chi connectivity index (χ4v) is 0.707. The zero-order valence-electron chi connectivity index (χ0n) is 4.81. The first kappa shape index (κ1) is 10.7. The smallest absolute Gasteiger partial charge is 0.423 e. The van der Waals surface area contributed by atoms with Gasteiger partial charge in [0.15, 0.2) is 0 Å². The molecule has 0 N–H and O–H groups in total. The van der Waals surface area contributed by atoms with Gasteiger partial charge >= 0.3 is 15.6 Å². The molecule has 0 bridgehead atoms. The number of hydrogen-bond donors (Lipinski definition) is 0. The molecule has 43 valence electrons. The molecule has 0 saturated carbocycles. The molecule has 0 heterocycles. The van der Waals surface area contributed by atoms with E-state index in [1.807, 2.05) is 6.92 Å². The van der Waals surface area contributed by atoms with Gasteiger partial charge in [-0.1, -0.05) is 12.2 Å². The van der Waals surface area contributed by atoms with Crippen LogP contribution in [0, 0.1) is 0 Å². The number of rotatable bonds is 3. The molecule has 0 aliphatic carbocycles. The van der Waals surface area contributed by atoms with E-state index in [0.717, 1.165) is 6.61 Å². The Labute approximate surface area is 57.9 Å². The van der Waals surface area contributed by atoms with Crippen molar-refractivity contribution in [3.8, 4) is 0 Å². The van der Waals surface area contributed by atoms with E-state index in [0.29, 0.717) is 15.6 Å². The van der Waals surface area contributed by atoms with E-state index in [-0.39, 0.29) is 12.4 Å². The summed E-state index contributed by atoms with van der Waals surface area (Å²) in [5.41, 5.74) is 0. The maximum Gasteiger partial charge on any atom is 0.423 e. The molecule has 0 unspecified atom stereocenters. The quantitative estimate of drug-likeness (QED) is 0.423. The average molecular weight is 138 g/mol. The first-order valence-electron chi connectivity index (χ1n) is 2.35. The summed E-state index contributed by atoms with van der Waals surface area (Å²) in [4.78, 5) is 0. The van der Waals surface area contributed by atoms with Crippen LogP contribution in [0.25, 0.3) is 0 Å². The molecule has 1 radical (unpaired) electrons. The third-order valence-corrected chi connectivity index (χ3v) is 1.35. The van der Waals surface area contributed by atoms with Gasteiger partial charge in [0.05, 0.1) is 0 Å². The Balaban J connectivity index is 0. The van der Waals surface area contributed by atoms with Gasteiger partial charge < -0.3 is 3.79 Å². The van der Waals surface area contributed by atoms with Crippen LogP contribution in [0.2, 0.25) is 5.28 Å². The van der Waals surface area contributed by atoms with Crippen molar-refractivity contribution in [1.82, 2.24) is 0 Å². The lowest BCUT2D eigenvalue weighted by Gasteiger charge is -1.89. The Kier molecular flexibility index (Phi) is 15.2. The van der Waals surface area contributed by atoms with Gasteiger partial charge in [-0.3, -0.25) is 0 Å². The van der Waals surface area contributed by atoms with E-state index in [4.69, 9.17) is 3.79 Å². The fraction of sp³-hybridized carbons (Fsp3) is 1.00. The van der Waals surface area contributed by atoms with Crippen molar-refractivity contribution in [2.24, 2.45) is 0 Å². The van der Waals surface area contributed by atoms with Crippen molar-refractivity contribution >= 4 is 28.0 Å². The SMILES string of the molecule is CC[O][Al][CH2]C.Cl. The summed E-state index contributed by atoms with van der Waals surface area (Å²) in [6.45, 7) is 5.07. The number of hydrogen-bond acceptors (Lipinski definition) is 1. The second-order valence-corrected chi connectivity index (χ2v) is 2.51. The van der Waals surface area contributed by atoms with Gasteiger partial charge in [-0.2, -0.15) is 0 Å². The highest BCUT2D eigenvalue weighted by Crippen LogP contribution is 1.73. The monoisotopic (exact) mass is 137 g/mol. The van der Waals surface area contributed by atoms with E-state index in [1.54, 1.807) is 0 Å². The molecule has 0 fully saturated rings. The van der Waals surface area contributed by atoms with E-state index in [2.05, 4.69) is 6.92 Å². The standard InChI is InChI=1S/C2H5O.C2H5.Al.ClH/c1-2-3;1-2;;/h2H2,1H3;1H2,2H3;;1H/q-1;;+1;. The molecular weight excluding hydrogens is 126 g/mol. The molecule has 0 amide bonds. The van der Waals surface area contributed by atoms with Crippen LogP contribution >= 0.6 is 12.4 Å². The third kappa shape index (κ3) is 10.8. The van der Waals surface area contributed by atoms with Crippen LogP contribution in [-0.4, -0.2) is 22.2 Å². The molecular formula is C4H11AlClO. The third-order valence-electron chi connectivity index (χ3n) is 0.451. The second-order valence-electron chi connectivity index (χ2n) is 1.03. The van der Waals surface area contributed by atoms with Crippen molar-refractivity contribution in [3.63, 3.8) is 0 Å². The predicted octanol–water partition coefficient (Wildman–Crippen LogP) is 1.50. The van der Waals surface area contributed by atoms with Crippen LogP contribution in [0.3, 0.4) is 0 Å². The minimum absolute atomic E-state index is 0. The summed E-state index contributed by atoms with van der Waals surface area (Å²) < 4.78 is 5.07. The van der Waals surface area contributed by atoms with E-state index >= 15 is 0 Å². The topological polar surface area (TPSA) is 9.23 Å². The summed E-state index contributed by atoms with van der Waals surface area (Å²) in [7, 11) is 0. The Bertz CT molecular complexity index is 23.7. The molecule has 7 heavy (non-hydrogen) atoms. The Hall–Kier alpha value is 0.782. The molecule has 0 aromatic heterocycles. The fourth-order valence-electron chi connectivity index (χ4n) is 0.236. The zero-order chi connectivity index (χ0) is 4.83. The van der Waals surface area contributed by atoms with Crippen molar-refractivity contribution in [1.29, 1.82) is 0 Å². The highest BCUT2D eigenvalue weighted by atomic mass is 35.5. The van der Waals surface area contributed by atoms with Gasteiger partial charge in [0.2, 0.25) is 0 Å². The highest BCUT2D eigenvalue weighted by molar-refractivity contribution is 6.26. The lowest BCUT2D eigenvalue weighted by atomic mass is 10.9. The molecule has 0 aliphatic heterocycles. The summed E-state index contributed by atoms with van der Waals surface area (Å²) >= 11 is 0.318. The highest BCUT2D eigenvalue weighted by Gasteiger charge is 1.81. The predicted molar refractivity (Wildman–Crippen MR) is 35.1 cm³/mol. The average Bonchev–Trinajstić information content (AvgIpc) is 1.61. The van der Waals surface area contributed by atoms with Gasteiger partial charge in [0, 0.05) is 6.61 Å². The van der Waals surface area contributed by atoms with Crippen molar-refractivity contribution in [2.45, 2.75) is 19.1 Å². The lowest BCUT2D eigenvalue weighted by Crippen LogP contribution is -1.93. The lowest BCUT2D eigenvalue weighted by molar-refractivity contribution is 0.361. The summed E-state index contributed by atoms with van der Waals surface area (Å²) in [5.74, 6) is 0. The molecule has 0 spiro atoms. The first-order chi connectivity index (χ1) is 2.91. The Morgan fingerprint density at radius 2 is 2.00 bits per heavy atom. The summed E-state index contributed by atoms with van der Waals surface area (Å²) in [5, 5.41) is 1.22. The minimum Gasteiger partial charge on any atom is -0.507 e. The van der Waals surface area contributed by atoms with Crippen molar-refractivity contribution in [3.05, 3.63) is 0 Å².